The fourth-order valence-electron chi connectivity index (χ4n) is 1.77. The van der Waals surface area contributed by atoms with Gasteiger partial charge in [-0.2, -0.15) is 0 Å². The van der Waals surface area contributed by atoms with Gasteiger partial charge in [-0.15, -0.1) is 0 Å². The Hall–Kier alpha value is -2.90. The average Bonchev–Trinajstić information content (AvgIpc) is 2.89. The highest BCUT2D eigenvalue weighted by Gasteiger charge is 2.19. The number of nitrogens with one attached hydrogen (secondary N) is 2. The molecule has 0 aliphatic carbocycles. The number of halogens is 1. The fourth-order valence-corrected chi connectivity index (χ4v) is 1.77. The molecule has 0 aliphatic rings. The summed E-state index contributed by atoms with van der Waals surface area (Å²) in [6.45, 7) is 6.90. The number of nitrogens with zero attached hydrogens (tertiary/aromatic N) is 1. The quantitative estimate of drug-likeness (QED) is 0.891. The minimum absolute atomic E-state index is 0.0321. The second-order valence-corrected chi connectivity index (χ2v) is 6.14. The first-order valence-electron chi connectivity index (χ1n) is 7.18. The van der Waals surface area contributed by atoms with Gasteiger partial charge in [0.1, 0.15) is 11.4 Å². The Morgan fingerprint density at radius 3 is 2.58 bits per heavy atom. The molecule has 0 radical (unpaired) electrons. The summed E-state index contributed by atoms with van der Waals surface area (Å²) in [5, 5.41) is 8.24. The molecule has 128 valence electrons. The van der Waals surface area contributed by atoms with Gasteiger partial charge in [-0.25, -0.2) is 9.18 Å². The van der Waals surface area contributed by atoms with Crippen LogP contribution in [0.1, 0.15) is 36.8 Å². The van der Waals surface area contributed by atoms with E-state index in [0.717, 1.165) is 5.56 Å². The number of amides is 2. The molecule has 1 heterocycles. The molecule has 0 fully saturated rings. The van der Waals surface area contributed by atoms with Crippen molar-refractivity contribution in [3.63, 3.8) is 0 Å². The average molecular weight is 335 g/mol. The van der Waals surface area contributed by atoms with E-state index in [-0.39, 0.29) is 17.3 Å². The molecule has 24 heavy (non-hydrogen) atoms. The van der Waals surface area contributed by atoms with Gasteiger partial charge in [0.2, 0.25) is 5.88 Å². The van der Waals surface area contributed by atoms with Crippen LogP contribution in [-0.4, -0.2) is 22.8 Å². The Balaban J connectivity index is 2.03. The molecule has 0 saturated heterocycles. The molecule has 2 rings (SSSR count). The summed E-state index contributed by atoms with van der Waals surface area (Å²) in [7, 11) is 0. The van der Waals surface area contributed by atoms with Crippen molar-refractivity contribution in [1.82, 2.24) is 5.16 Å². The van der Waals surface area contributed by atoms with Gasteiger partial charge in [0, 0.05) is 6.07 Å². The van der Waals surface area contributed by atoms with Gasteiger partial charge in [0.15, 0.2) is 5.69 Å². The number of ether oxygens (including phenoxy) is 1. The molecule has 1 aromatic carbocycles. The highest BCUT2D eigenvalue weighted by atomic mass is 19.1. The summed E-state index contributed by atoms with van der Waals surface area (Å²) in [6.07, 6.45) is -0.740. The molecule has 0 aliphatic heterocycles. The number of hydrogen-bond acceptors (Lipinski definition) is 5. The van der Waals surface area contributed by atoms with Gasteiger partial charge >= 0.3 is 6.09 Å². The number of hydrogen-bond donors (Lipinski definition) is 2. The number of anilines is 2. The monoisotopic (exact) mass is 335 g/mol. The number of aryl methyl sites for hydroxylation is 1. The van der Waals surface area contributed by atoms with Crippen molar-refractivity contribution in [2.45, 2.75) is 33.3 Å². The first-order valence-corrected chi connectivity index (χ1v) is 7.18. The molecule has 0 atom stereocenters. The summed E-state index contributed by atoms with van der Waals surface area (Å²) in [4.78, 5) is 23.7. The van der Waals surface area contributed by atoms with E-state index in [1.165, 1.54) is 18.2 Å². The normalized spacial score (nSPS) is 11.0. The van der Waals surface area contributed by atoms with E-state index in [1.807, 2.05) is 0 Å². The van der Waals surface area contributed by atoms with Crippen LogP contribution in [0, 0.1) is 12.7 Å². The Kier molecular flexibility index (Phi) is 4.87. The van der Waals surface area contributed by atoms with Crippen molar-refractivity contribution in [2.75, 3.05) is 10.6 Å². The molecule has 1 aromatic heterocycles. The van der Waals surface area contributed by atoms with Crippen molar-refractivity contribution < 1.29 is 23.2 Å². The van der Waals surface area contributed by atoms with Gasteiger partial charge in [-0.05, 0) is 45.4 Å². The number of aromatic nitrogens is 1. The Morgan fingerprint density at radius 2 is 1.92 bits per heavy atom. The van der Waals surface area contributed by atoms with Crippen LogP contribution in [0.25, 0.3) is 0 Å². The standard InChI is InChI=1S/C16H18FN3O4/c1-9-5-6-10(17)11(7-9)18-14(21)12-8-13(24-20-12)19-15(22)23-16(2,3)4/h5-8H,1-4H3,(H,18,21)(H,19,22). The molecule has 0 spiro atoms. The number of carbonyl (C=O) groups is 2. The molecule has 8 heteroatoms. The third-order valence-electron chi connectivity index (χ3n) is 2.74. The van der Waals surface area contributed by atoms with Crippen LogP contribution in [-0.2, 0) is 4.74 Å². The summed E-state index contributed by atoms with van der Waals surface area (Å²) < 4.78 is 23.5. The Bertz CT molecular complexity index is 765. The lowest BCUT2D eigenvalue weighted by atomic mass is 10.2. The van der Waals surface area contributed by atoms with E-state index in [0.29, 0.717) is 0 Å². The van der Waals surface area contributed by atoms with Crippen molar-refractivity contribution in [3.05, 3.63) is 41.3 Å². The van der Waals surface area contributed by atoms with E-state index in [2.05, 4.69) is 15.8 Å². The lowest BCUT2D eigenvalue weighted by molar-refractivity contribution is 0.0631. The van der Waals surface area contributed by atoms with Crippen LogP contribution in [0.2, 0.25) is 0 Å². The van der Waals surface area contributed by atoms with E-state index >= 15 is 0 Å². The highest BCUT2D eigenvalue weighted by Crippen LogP contribution is 2.18. The summed E-state index contributed by atoms with van der Waals surface area (Å²) >= 11 is 0. The zero-order valence-corrected chi connectivity index (χ0v) is 13.8. The summed E-state index contributed by atoms with van der Waals surface area (Å²) in [5.74, 6) is -1.29. The van der Waals surface area contributed by atoms with Crippen LogP contribution in [0.15, 0.2) is 28.8 Å². The van der Waals surface area contributed by atoms with Crippen molar-refractivity contribution in [2.24, 2.45) is 0 Å². The molecular weight excluding hydrogens is 317 g/mol. The molecule has 2 aromatic rings. The number of benzene rings is 1. The summed E-state index contributed by atoms with van der Waals surface area (Å²) in [5.41, 5.74) is 0.0401. The molecule has 0 unspecified atom stereocenters. The van der Waals surface area contributed by atoms with Gasteiger partial charge in [0.25, 0.3) is 5.91 Å². The van der Waals surface area contributed by atoms with E-state index in [9.17, 15) is 14.0 Å². The topological polar surface area (TPSA) is 93.5 Å². The smallest absolute Gasteiger partial charge is 0.414 e. The number of carbonyl (C=O) groups excluding carboxylic acids is 2. The molecule has 2 N–H and O–H groups in total. The maximum absolute atomic E-state index is 13.6. The SMILES string of the molecule is Cc1ccc(F)c(NC(=O)c2cc(NC(=O)OC(C)(C)C)on2)c1. The van der Waals surface area contributed by atoms with Crippen molar-refractivity contribution in [3.8, 4) is 0 Å². The lowest BCUT2D eigenvalue weighted by Crippen LogP contribution is -2.27. The van der Waals surface area contributed by atoms with E-state index < -0.39 is 23.4 Å². The first kappa shape index (κ1) is 17.5. The first-order chi connectivity index (χ1) is 11.1. The van der Waals surface area contributed by atoms with Crippen LogP contribution >= 0.6 is 0 Å². The van der Waals surface area contributed by atoms with Gasteiger partial charge in [-0.1, -0.05) is 11.2 Å². The predicted molar refractivity (Wildman–Crippen MR) is 85.4 cm³/mol. The van der Waals surface area contributed by atoms with Crippen molar-refractivity contribution in [1.29, 1.82) is 0 Å². The van der Waals surface area contributed by atoms with Gasteiger partial charge < -0.3 is 14.6 Å². The number of rotatable bonds is 3. The lowest BCUT2D eigenvalue weighted by Gasteiger charge is -2.18. The maximum atomic E-state index is 13.6. The third kappa shape index (κ3) is 4.80. The largest absolute Gasteiger partial charge is 0.444 e. The molecule has 7 nitrogen and oxygen atoms in total. The molecule has 2 amide bonds. The summed E-state index contributed by atoms with van der Waals surface area (Å²) in [6, 6.07) is 5.55. The van der Waals surface area contributed by atoms with E-state index in [1.54, 1.807) is 33.8 Å². The van der Waals surface area contributed by atoms with Crippen LogP contribution in [0.5, 0.6) is 0 Å². The zero-order chi connectivity index (χ0) is 17.9. The highest BCUT2D eigenvalue weighted by molar-refractivity contribution is 6.03. The molecule has 0 bridgehead atoms. The fraction of sp³-hybridized carbons (Fsp3) is 0.312. The predicted octanol–water partition coefficient (Wildman–Crippen LogP) is 3.72. The van der Waals surface area contributed by atoms with Crippen LogP contribution in [0.4, 0.5) is 20.8 Å². The maximum Gasteiger partial charge on any atom is 0.414 e. The Morgan fingerprint density at radius 1 is 1.21 bits per heavy atom. The molecule has 0 saturated carbocycles. The second kappa shape index (κ2) is 6.69. The Labute approximate surface area is 138 Å². The van der Waals surface area contributed by atoms with E-state index in [4.69, 9.17) is 9.26 Å². The van der Waals surface area contributed by atoms with Gasteiger partial charge in [0.05, 0.1) is 5.69 Å². The molecular formula is C16H18FN3O4. The van der Waals surface area contributed by atoms with Crippen molar-refractivity contribution >= 4 is 23.6 Å². The van der Waals surface area contributed by atoms with Gasteiger partial charge in [-0.3, -0.25) is 10.1 Å². The second-order valence-electron chi connectivity index (χ2n) is 6.14. The van der Waals surface area contributed by atoms with Crippen LogP contribution < -0.4 is 10.6 Å². The third-order valence-corrected chi connectivity index (χ3v) is 2.74. The minimum atomic E-state index is -0.740. The van der Waals surface area contributed by atoms with Crippen LogP contribution in [0.3, 0.4) is 0 Å². The zero-order valence-electron chi connectivity index (χ0n) is 13.8. The minimum Gasteiger partial charge on any atom is -0.444 e.